The number of nitrogens with zero attached hydrogens (tertiary/aromatic N) is 2. The van der Waals surface area contributed by atoms with Gasteiger partial charge in [0, 0.05) is 45.2 Å². The molecular formula is C19H28FN3O4. The number of rotatable bonds is 8. The van der Waals surface area contributed by atoms with E-state index in [2.05, 4.69) is 5.32 Å². The zero-order valence-electron chi connectivity index (χ0n) is 16.1. The average Bonchev–Trinajstić information content (AvgIpc) is 2.65. The minimum Gasteiger partial charge on any atom is -0.497 e. The lowest BCUT2D eigenvalue weighted by molar-refractivity contribution is -0.159. The smallest absolute Gasteiger partial charge is 0.256 e. The number of aliphatic hydroxyl groups is 1. The van der Waals surface area contributed by atoms with Gasteiger partial charge in [0.05, 0.1) is 7.11 Å². The minimum absolute atomic E-state index is 0.0755. The molecule has 2 rings (SSSR count). The fourth-order valence-electron chi connectivity index (χ4n) is 3.31. The number of benzene rings is 1. The molecule has 0 aromatic heterocycles. The molecule has 1 aromatic rings. The summed E-state index contributed by atoms with van der Waals surface area (Å²) in [4.78, 5) is 27.5. The highest BCUT2D eigenvalue weighted by molar-refractivity contribution is 5.86. The van der Waals surface area contributed by atoms with Gasteiger partial charge in [0.2, 0.25) is 5.91 Å². The Bertz CT molecular complexity index is 685. The van der Waals surface area contributed by atoms with Gasteiger partial charge in [0.1, 0.15) is 11.6 Å². The van der Waals surface area contributed by atoms with Gasteiger partial charge in [-0.15, -0.1) is 0 Å². The van der Waals surface area contributed by atoms with E-state index in [1.807, 2.05) is 0 Å². The molecule has 2 N–H and O–H groups in total. The number of amides is 2. The number of nitrogens with one attached hydrogen (secondary N) is 1. The first-order valence-corrected chi connectivity index (χ1v) is 9.02. The molecule has 1 saturated heterocycles. The molecule has 2 amide bonds. The maximum atomic E-state index is 14.1. The first kappa shape index (κ1) is 21.1. The standard InChI is InChI=1S/C19H28FN3O4/c1-21-17(24)7-10-22(2)13-19(26)8-4-9-23(18(19)25)12-14-11-15(27-3)5-6-16(14)20/h5-6,11,26H,4,7-10,12-13H2,1-3H3,(H,21,24)/t19-/m1/s1. The van der Waals surface area contributed by atoms with Gasteiger partial charge in [-0.25, -0.2) is 4.39 Å². The monoisotopic (exact) mass is 381 g/mol. The second-order valence-corrected chi connectivity index (χ2v) is 6.98. The van der Waals surface area contributed by atoms with Crippen molar-refractivity contribution in [1.29, 1.82) is 0 Å². The van der Waals surface area contributed by atoms with Crippen LogP contribution in [0.25, 0.3) is 0 Å². The predicted molar refractivity (Wildman–Crippen MR) is 98.7 cm³/mol. The van der Waals surface area contributed by atoms with E-state index in [-0.39, 0.29) is 25.4 Å². The van der Waals surface area contributed by atoms with Crippen molar-refractivity contribution in [1.82, 2.24) is 15.1 Å². The quantitative estimate of drug-likeness (QED) is 0.695. The maximum absolute atomic E-state index is 14.1. The minimum atomic E-state index is -1.54. The first-order chi connectivity index (χ1) is 12.8. The third kappa shape index (κ3) is 5.40. The van der Waals surface area contributed by atoms with Gasteiger partial charge in [-0.1, -0.05) is 0 Å². The topological polar surface area (TPSA) is 82.1 Å². The Labute approximate surface area is 159 Å². The Hall–Kier alpha value is -2.19. The van der Waals surface area contributed by atoms with E-state index in [0.29, 0.717) is 37.2 Å². The Balaban J connectivity index is 2.04. The highest BCUT2D eigenvalue weighted by Crippen LogP contribution is 2.26. The van der Waals surface area contributed by atoms with Crippen LogP contribution in [-0.2, 0) is 16.1 Å². The van der Waals surface area contributed by atoms with Crippen LogP contribution in [0.4, 0.5) is 4.39 Å². The van der Waals surface area contributed by atoms with E-state index in [9.17, 15) is 19.1 Å². The number of likely N-dealkylation sites (N-methyl/N-ethyl adjacent to an activating group) is 1. The lowest BCUT2D eigenvalue weighted by Crippen LogP contribution is -2.58. The molecule has 0 bridgehead atoms. The Kier molecular flexibility index (Phi) is 7.15. The molecule has 8 heteroatoms. The van der Waals surface area contributed by atoms with Crippen LogP contribution in [0.5, 0.6) is 5.75 Å². The zero-order chi connectivity index (χ0) is 20.0. The van der Waals surface area contributed by atoms with Gasteiger partial charge in [0.25, 0.3) is 5.91 Å². The van der Waals surface area contributed by atoms with Gasteiger partial charge < -0.3 is 25.0 Å². The Morgan fingerprint density at radius 2 is 2.22 bits per heavy atom. The van der Waals surface area contributed by atoms with Crippen LogP contribution in [0.2, 0.25) is 0 Å². The molecule has 1 fully saturated rings. The number of hydrogen-bond donors (Lipinski definition) is 2. The number of carbonyl (C=O) groups is 2. The number of carbonyl (C=O) groups excluding carboxylic acids is 2. The summed E-state index contributed by atoms with van der Waals surface area (Å²) >= 11 is 0. The van der Waals surface area contributed by atoms with E-state index >= 15 is 0 Å². The predicted octanol–water partition coefficient (Wildman–Crippen LogP) is 0.756. The first-order valence-electron chi connectivity index (χ1n) is 9.02. The lowest BCUT2D eigenvalue weighted by Gasteiger charge is -2.40. The van der Waals surface area contributed by atoms with Crippen LogP contribution in [0.15, 0.2) is 18.2 Å². The fourth-order valence-corrected chi connectivity index (χ4v) is 3.31. The van der Waals surface area contributed by atoms with Crippen molar-refractivity contribution in [3.63, 3.8) is 0 Å². The maximum Gasteiger partial charge on any atom is 0.256 e. The van der Waals surface area contributed by atoms with Gasteiger partial charge in [-0.2, -0.15) is 0 Å². The van der Waals surface area contributed by atoms with Crippen molar-refractivity contribution in [2.24, 2.45) is 0 Å². The van der Waals surface area contributed by atoms with Gasteiger partial charge in [-0.3, -0.25) is 9.59 Å². The molecule has 1 heterocycles. The Morgan fingerprint density at radius 1 is 1.48 bits per heavy atom. The van der Waals surface area contributed by atoms with Crippen molar-refractivity contribution in [2.45, 2.75) is 31.4 Å². The number of ether oxygens (including phenoxy) is 1. The van der Waals surface area contributed by atoms with Crippen LogP contribution in [-0.4, -0.2) is 73.2 Å². The summed E-state index contributed by atoms with van der Waals surface area (Å²) in [6.07, 6.45) is 1.25. The van der Waals surface area contributed by atoms with E-state index in [0.717, 1.165) is 0 Å². The summed E-state index contributed by atoms with van der Waals surface area (Å²) in [5, 5.41) is 13.4. The molecule has 7 nitrogen and oxygen atoms in total. The molecule has 1 atom stereocenters. The van der Waals surface area contributed by atoms with Crippen LogP contribution in [0, 0.1) is 5.82 Å². The molecule has 0 spiro atoms. The molecule has 27 heavy (non-hydrogen) atoms. The third-order valence-corrected chi connectivity index (χ3v) is 4.85. The number of likely N-dealkylation sites (tertiary alicyclic amines) is 1. The molecular weight excluding hydrogens is 353 g/mol. The van der Waals surface area contributed by atoms with Crippen molar-refractivity contribution >= 4 is 11.8 Å². The fraction of sp³-hybridized carbons (Fsp3) is 0.579. The summed E-state index contributed by atoms with van der Waals surface area (Å²) in [6, 6.07) is 4.39. The van der Waals surface area contributed by atoms with Crippen molar-refractivity contribution < 1.29 is 23.8 Å². The molecule has 0 aliphatic carbocycles. The summed E-state index contributed by atoms with van der Waals surface area (Å²) < 4.78 is 19.2. The SMILES string of the molecule is CNC(=O)CCN(C)C[C@]1(O)CCCN(Cc2cc(OC)ccc2F)C1=O. The second kappa shape index (κ2) is 9.14. The molecule has 1 aromatic carbocycles. The summed E-state index contributed by atoms with van der Waals surface area (Å²) in [6.45, 7) is 1.09. The van der Waals surface area contributed by atoms with E-state index in [1.165, 1.54) is 24.1 Å². The molecule has 1 aliphatic rings. The third-order valence-electron chi connectivity index (χ3n) is 4.85. The highest BCUT2D eigenvalue weighted by Gasteiger charge is 2.43. The zero-order valence-corrected chi connectivity index (χ0v) is 16.1. The number of piperidine rings is 1. The van der Waals surface area contributed by atoms with Crippen LogP contribution in [0.3, 0.4) is 0 Å². The lowest BCUT2D eigenvalue weighted by atomic mass is 9.90. The molecule has 0 saturated carbocycles. The van der Waals surface area contributed by atoms with E-state index in [4.69, 9.17) is 4.74 Å². The Morgan fingerprint density at radius 3 is 2.89 bits per heavy atom. The molecule has 150 valence electrons. The summed E-state index contributed by atoms with van der Waals surface area (Å²) in [7, 11) is 4.82. The number of halogens is 1. The van der Waals surface area contributed by atoms with Crippen molar-refractivity contribution in [3.05, 3.63) is 29.6 Å². The average molecular weight is 381 g/mol. The molecule has 1 aliphatic heterocycles. The van der Waals surface area contributed by atoms with Gasteiger partial charge >= 0.3 is 0 Å². The van der Waals surface area contributed by atoms with Crippen LogP contribution >= 0.6 is 0 Å². The van der Waals surface area contributed by atoms with Crippen molar-refractivity contribution in [2.75, 3.05) is 40.8 Å². The molecule has 0 unspecified atom stereocenters. The number of hydrogen-bond acceptors (Lipinski definition) is 5. The van der Waals surface area contributed by atoms with Crippen LogP contribution in [0.1, 0.15) is 24.8 Å². The van der Waals surface area contributed by atoms with Crippen LogP contribution < -0.4 is 10.1 Å². The van der Waals surface area contributed by atoms with Gasteiger partial charge in [0.15, 0.2) is 5.60 Å². The largest absolute Gasteiger partial charge is 0.497 e. The van der Waals surface area contributed by atoms with Gasteiger partial charge in [-0.05, 0) is 38.1 Å². The van der Waals surface area contributed by atoms with E-state index < -0.39 is 17.3 Å². The van der Waals surface area contributed by atoms with Crippen molar-refractivity contribution in [3.8, 4) is 5.75 Å². The summed E-state index contributed by atoms with van der Waals surface area (Å²) in [5.41, 5.74) is -1.19. The summed E-state index contributed by atoms with van der Waals surface area (Å²) in [5.74, 6) is -0.415. The highest BCUT2D eigenvalue weighted by atomic mass is 19.1. The van der Waals surface area contributed by atoms with E-state index in [1.54, 1.807) is 25.1 Å². The number of methoxy groups -OCH3 is 1. The normalized spacial score (nSPS) is 20.1. The molecule has 0 radical (unpaired) electrons. The second-order valence-electron chi connectivity index (χ2n) is 6.98.